The summed E-state index contributed by atoms with van der Waals surface area (Å²) in [4.78, 5) is 28.2. The van der Waals surface area contributed by atoms with Gasteiger partial charge in [0.25, 0.3) is 0 Å². The average Bonchev–Trinajstić information content (AvgIpc) is 3.04. The van der Waals surface area contributed by atoms with Gasteiger partial charge in [0.05, 0.1) is 18.3 Å². The Hall–Kier alpha value is -2.18. The van der Waals surface area contributed by atoms with Crippen molar-refractivity contribution in [3.8, 4) is 11.3 Å². The highest BCUT2D eigenvalue weighted by molar-refractivity contribution is 6.30. The second-order valence-corrected chi connectivity index (χ2v) is 6.20. The summed E-state index contributed by atoms with van der Waals surface area (Å²) in [6.45, 7) is 2.61. The van der Waals surface area contributed by atoms with E-state index in [1.54, 1.807) is 31.2 Å². The normalized spacial score (nSPS) is 17.2. The molecule has 0 saturated carbocycles. The molecule has 0 radical (unpaired) electrons. The van der Waals surface area contributed by atoms with Crippen molar-refractivity contribution in [2.75, 3.05) is 6.61 Å². The molecule has 7 heteroatoms. The summed E-state index contributed by atoms with van der Waals surface area (Å²) < 4.78 is 6.93. The van der Waals surface area contributed by atoms with Crippen molar-refractivity contribution < 1.29 is 14.6 Å². The summed E-state index contributed by atoms with van der Waals surface area (Å²) in [6.07, 6.45) is 1.72. The Labute approximate surface area is 143 Å². The Balaban J connectivity index is 2.11. The summed E-state index contributed by atoms with van der Waals surface area (Å²) in [5, 5.41) is 10.2. The summed E-state index contributed by atoms with van der Waals surface area (Å²) in [6, 6.07) is 6.58. The lowest BCUT2D eigenvalue weighted by Gasteiger charge is -2.17. The Morgan fingerprint density at radius 2 is 2.12 bits per heavy atom. The largest absolute Gasteiger partial charge is 0.478 e. The lowest BCUT2D eigenvalue weighted by atomic mass is 10.0. The predicted octanol–water partition coefficient (Wildman–Crippen LogP) is 2.75. The van der Waals surface area contributed by atoms with Gasteiger partial charge in [0.1, 0.15) is 5.56 Å². The number of ether oxygens (including phenoxy) is 1. The molecule has 1 aromatic heterocycles. The second-order valence-electron chi connectivity index (χ2n) is 5.76. The SMILES string of the molecule is Cc1c(C(=O)O)c(-c2ccc(Cl)cc2)nc(=O)n1CC1CCCO1. The van der Waals surface area contributed by atoms with Gasteiger partial charge in [-0.05, 0) is 31.9 Å². The van der Waals surface area contributed by atoms with E-state index in [9.17, 15) is 14.7 Å². The minimum absolute atomic E-state index is 0.0231. The maximum absolute atomic E-state index is 12.4. The van der Waals surface area contributed by atoms with Crippen molar-refractivity contribution in [2.45, 2.75) is 32.4 Å². The molecule has 0 spiro atoms. The summed E-state index contributed by atoms with van der Waals surface area (Å²) in [5.41, 5.74) is 0.627. The van der Waals surface area contributed by atoms with Gasteiger partial charge in [-0.3, -0.25) is 4.57 Å². The van der Waals surface area contributed by atoms with E-state index in [0.29, 0.717) is 29.4 Å². The first kappa shape index (κ1) is 16.7. The van der Waals surface area contributed by atoms with E-state index in [-0.39, 0.29) is 17.4 Å². The summed E-state index contributed by atoms with van der Waals surface area (Å²) >= 11 is 5.87. The van der Waals surface area contributed by atoms with Crippen molar-refractivity contribution in [1.82, 2.24) is 9.55 Å². The summed E-state index contributed by atoms with van der Waals surface area (Å²) in [5.74, 6) is -1.12. The van der Waals surface area contributed by atoms with Crippen LogP contribution in [0.1, 0.15) is 28.9 Å². The van der Waals surface area contributed by atoms with E-state index >= 15 is 0 Å². The van der Waals surface area contributed by atoms with Crippen LogP contribution < -0.4 is 5.69 Å². The van der Waals surface area contributed by atoms with Crippen LogP contribution in [0.2, 0.25) is 5.02 Å². The van der Waals surface area contributed by atoms with Crippen LogP contribution in [0.4, 0.5) is 0 Å². The molecular weight excluding hydrogens is 332 g/mol. The molecule has 2 heterocycles. The number of carbonyl (C=O) groups is 1. The number of aromatic carboxylic acids is 1. The van der Waals surface area contributed by atoms with E-state index in [4.69, 9.17) is 16.3 Å². The van der Waals surface area contributed by atoms with Gasteiger partial charge in [-0.2, -0.15) is 4.98 Å². The van der Waals surface area contributed by atoms with Gasteiger partial charge in [-0.25, -0.2) is 9.59 Å². The molecule has 1 aliphatic rings. The average molecular weight is 349 g/mol. The van der Waals surface area contributed by atoms with Crippen LogP contribution in [0.15, 0.2) is 29.1 Å². The van der Waals surface area contributed by atoms with Crippen LogP contribution in [0, 0.1) is 6.92 Å². The minimum Gasteiger partial charge on any atom is -0.478 e. The first-order chi connectivity index (χ1) is 11.5. The minimum atomic E-state index is -1.12. The number of hydrogen-bond acceptors (Lipinski definition) is 4. The fraction of sp³-hybridized carbons (Fsp3) is 0.353. The summed E-state index contributed by atoms with van der Waals surface area (Å²) in [7, 11) is 0. The van der Waals surface area contributed by atoms with Crippen LogP contribution in [0.3, 0.4) is 0 Å². The smallest absolute Gasteiger partial charge is 0.348 e. The zero-order chi connectivity index (χ0) is 17.3. The third kappa shape index (κ3) is 3.20. The van der Waals surface area contributed by atoms with Crippen LogP contribution in [-0.2, 0) is 11.3 Å². The van der Waals surface area contributed by atoms with Crippen molar-refractivity contribution in [1.29, 1.82) is 0 Å². The molecule has 1 unspecified atom stereocenters. The fourth-order valence-electron chi connectivity index (χ4n) is 2.94. The molecule has 3 rings (SSSR count). The molecule has 1 atom stereocenters. The van der Waals surface area contributed by atoms with E-state index in [2.05, 4.69) is 4.98 Å². The molecule has 1 aromatic carbocycles. The van der Waals surface area contributed by atoms with Crippen molar-refractivity contribution in [3.63, 3.8) is 0 Å². The molecular formula is C17H17ClN2O4. The number of benzene rings is 1. The maximum atomic E-state index is 12.4. The van der Waals surface area contributed by atoms with E-state index in [1.807, 2.05) is 0 Å². The number of halogens is 1. The molecule has 1 N–H and O–H groups in total. The number of nitrogens with zero attached hydrogens (tertiary/aromatic N) is 2. The van der Waals surface area contributed by atoms with Crippen LogP contribution in [0.5, 0.6) is 0 Å². The first-order valence-corrected chi connectivity index (χ1v) is 8.07. The van der Waals surface area contributed by atoms with Crippen molar-refractivity contribution in [2.24, 2.45) is 0 Å². The standard InChI is InChI=1S/C17H17ClN2O4/c1-10-14(16(21)22)15(11-4-6-12(18)7-5-11)19-17(23)20(10)9-13-3-2-8-24-13/h4-7,13H,2-3,8-9H2,1H3,(H,21,22). The zero-order valence-corrected chi connectivity index (χ0v) is 13.9. The predicted molar refractivity (Wildman–Crippen MR) is 89.6 cm³/mol. The molecule has 0 aliphatic carbocycles. The molecule has 24 heavy (non-hydrogen) atoms. The highest BCUT2D eigenvalue weighted by Crippen LogP contribution is 2.25. The topological polar surface area (TPSA) is 81.4 Å². The molecule has 1 fully saturated rings. The molecule has 1 aliphatic heterocycles. The molecule has 6 nitrogen and oxygen atoms in total. The monoisotopic (exact) mass is 348 g/mol. The Kier molecular flexibility index (Phi) is 4.69. The number of aromatic nitrogens is 2. The number of carboxylic acid groups (broad SMARTS) is 1. The molecule has 0 amide bonds. The van der Waals surface area contributed by atoms with E-state index < -0.39 is 11.7 Å². The van der Waals surface area contributed by atoms with Crippen LogP contribution in [-0.4, -0.2) is 33.3 Å². The lowest BCUT2D eigenvalue weighted by molar-refractivity contribution is 0.0692. The lowest BCUT2D eigenvalue weighted by Crippen LogP contribution is -2.32. The molecule has 126 valence electrons. The number of hydrogen-bond donors (Lipinski definition) is 1. The van der Waals surface area contributed by atoms with Gasteiger partial charge in [-0.15, -0.1) is 0 Å². The van der Waals surface area contributed by atoms with Crippen molar-refractivity contribution in [3.05, 3.63) is 51.0 Å². The van der Waals surface area contributed by atoms with Crippen LogP contribution in [0.25, 0.3) is 11.3 Å². The van der Waals surface area contributed by atoms with Gasteiger partial charge >= 0.3 is 11.7 Å². The number of carboxylic acids is 1. The third-order valence-corrected chi connectivity index (χ3v) is 4.44. The Morgan fingerprint density at radius 1 is 1.42 bits per heavy atom. The zero-order valence-electron chi connectivity index (χ0n) is 13.2. The van der Waals surface area contributed by atoms with Gasteiger partial charge in [0.15, 0.2) is 0 Å². The fourth-order valence-corrected chi connectivity index (χ4v) is 3.07. The van der Waals surface area contributed by atoms with Crippen molar-refractivity contribution >= 4 is 17.6 Å². The second kappa shape index (κ2) is 6.75. The Bertz CT molecular complexity index is 824. The van der Waals surface area contributed by atoms with Crippen LogP contribution >= 0.6 is 11.6 Å². The maximum Gasteiger partial charge on any atom is 0.348 e. The van der Waals surface area contributed by atoms with E-state index in [0.717, 1.165) is 12.8 Å². The Morgan fingerprint density at radius 3 is 2.71 bits per heavy atom. The van der Waals surface area contributed by atoms with Gasteiger partial charge in [0, 0.05) is 22.9 Å². The number of rotatable bonds is 4. The molecule has 2 aromatic rings. The highest BCUT2D eigenvalue weighted by Gasteiger charge is 2.24. The molecule has 1 saturated heterocycles. The quantitative estimate of drug-likeness (QED) is 0.918. The van der Waals surface area contributed by atoms with E-state index in [1.165, 1.54) is 4.57 Å². The third-order valence-electron chi connectivity index (χ3n) is 4.18. The van der Waals surface area contributed by atoms with Gasteiger partial charge in [-0.1, -0.05) is 23.7 Å². The molecule has 0 bridgehead atoms. The first-order valence-electron chi connectivity index (χ1n) is 7.69. The van der Waals surface area contributed by atoms with Gasteiger partial charge in [0.2, 0.25) is 0 Å². The van der Waals surface area contributed by atoms with Gasteiger partial charge < -0.3 is 9.84 Å². The highest BCUT2D eigenvalue weighted by atomic mass is 35.5.